The molecule has 4 nitrogen and oxygen atoms in total. The molecular formula is C16H26N4S. The lowest BCUT2D eigenvalue weighted by Crippen LogP contribution is -2.32. The van der Waals surface area contributed by atoms with Gasteiger partial charge < -0.3 is 10.2 Å². The van der Waals surface area contributed by atoms with Gasteiger partial charge in [0.05, 0.1) is 5.69 Å². The summed E-state index contributed by atoms with van der Waals surface area (Å²) in [5, 5.41) is 5.75. The summed E-state index contributed by atoms with van der Waals surface area (Å²) in [5.74, 6) is 1.85. The van der Waals surface area contributed by atoms with Crippen LogP contribution in [0.5, 0.6) is 0 Å². The topological polar surface area (TPSA) is 32.6 Å². The van der Waals surface area contributed by atoms with Crippen LogP contribution in [0.4, 0.5) is 5.82 Å². The molecule has 116 valence electrons. The molecule has 2 aromatic heterocycles. The Hall–Kier alpha value is -1.07. The van der Waals surface area contributed by atoms with Crippen LogP contribution in [0.25, 0.3) is 4.96 Å². The molecule has 1 saturated carbocycles. The van der Waals surface area contributed by atoms with Crippen LogP contribution < -0.4 is 10.2 Å². The number of thiazole rings is 1. The predicted octanol–water partition coefficient (Wildman–Crippen LogP) is 3.52. The first-order chi connectivity index (χ1) is 10.1. The van der Waals surface area contributed by atoms with Crippen molar-refractivity contribution in [3.8, 4) is 0 Å². The second-order valence-electron chi connectivity index (χ2n) is 6.68. The van der Waals surface area contributed by atoms with Crippen LogP contribution in [0.15, 0.2) is 11.6 Å². The number of imidazole rings is 1. The molecule has 0 bridgehead atoms. The van der Waals surface area contributed by atoms with E-state index in [1.165, 1.54) is 25.0 Å². The van der Waals surface area contributed by atoms with E-state index in [2.05, 4.69) is 54.0 Å². The molecule has 0 spiro atoms. The van der Waals surface area contributed by atoms with Crippen molar-refractivity contribution in [2.24, 2.45) is 5.92 Å². The van der Waals surface area contributed by atoms with Gasteiger partial charge in [-0.2, -0.15) is 0 Å². The molecule has 1 atom stereocenters. The minimum absolute atomic E-state index is 0.509. The van der Waals surface area contributed by atoms with Crippen LogP contribution >= 0.6 is 11.3 Å². The van der Waals surface area contributed by atoms with Crippen molar-refractivity contribution < 1.29 is 0 Å². The lowest BCUT2D eigenvalue weighted by molar-refractivity contribution is 0.501. The molecule has 1 aliphatic rings. The summed E-state index contributed by atoms with van der Waals surface area (Å²) in [7, 11) is 2.18. The van der Waals surface area contributed by atoms with Gasteiger partial charge in [-0.1, -0.05) is 13.8 Å². The van der Waals surface area contributed by atoms with E-state index in [1.54, 1.807) is 11.3 Å². The molecule has 0 aliphatic heterocycles. The Morgan fingerprint density at radius 3 is 2.86 bits per heavy atom. The molecule has 1 unspecified atom stereocenters. The summed E-state index contributed by atoms with van der Waals surface area (Å²) in [6.45, 7) is 7.78. The third kappa shape index (κ3) is 3.24. The summed E-state index contributed by atoms with van der Waals surface area (Å²) in [6, 6.07) is 1.23. The van der Waals surface area contributed by atoms with Crippen LogP contribution in [0.2, 0.25) is 0 Å². The second-order valence-corrected chi connectivity index (χ2v) is 7.56. The molecule has 1 fully saturated rings. The van der Waals surface area contributed by atoms with Gasteiger partial charge in [0.15, 0.2) is 10.8 Å². The molecule has 0 aromatic carbocycles. The van der Waals surface area contributed by atoms with Gasteiger partial charge in [-0.25, -0.2) is 4.98 Å². The molecule has 1 aliphatic carbocycles. The molecule has 0 radical (unpaired) electrons. The lowest BCUT2D eigenvalue weighted by Gasteiger charge is -2.27. The monoisotopic (exact) mass is 306 g/mol. The van der Waals surface area contributed by atoms with Crippen molar-refractivity contribution in [3.05, 3.63) is 17.3 Å². The highest BCUT2D eigenvalue weighted by molar-refractivity contribution is 7.15. The lowest BCUT2D eigenvalue weighted by atomic mass is 10.0. The zero-order valence-electron chi connectivity index (χ0n) is 13.5. The van der Waals surface area contributed by atoms with Crippen molar-refractivity contribution in [1.29, 1.82) is 0 Å². The Morgan fingerprint density at radius 2 is 2.19 bits per heavy atom. The fourth-order valence-electron chi connectivity index (χ4n) is 2.85. The quantitative estimate of drug-likeness (QED) is 0.849. The predicted molar refractivity (Wildman–Crippen MR) is 90.3 cm³/mol. The van der Waals surface area contributed by atoms with E-state index in [-0.39, 0.29) is 0 Å². The zero-order chi connectivity index (χ0) is 15.0. The molecule has 2 aromatic rings. The number of aromatic nitrogens is 2. The largest absolute Gasteiger partial charge is 0.355 e. The van der Waals surface area contributed by atoms with Crippen LogP contribution in [0, 0.1) is 5.92 Å². The second kappa shape index (κ2) is 5.97. The number of hydrogen-bond acceptors (Lipinski definition) is 4. The van der Waals surface area contributed by atoms with Crippen molar-refractivity contribution in [2.45, 2.75) is 58.7 Å². The van der Waals surface area contributed by atoms with Gasteiger partial charge in [0.1, 0.15) is 0 Å². The molecule has 2 heterocycles. The van der Waals surface area contributed by atoms with Gasteiger partial charge in [-0.15, -0.1) is 11.3 Å². The van der Waals surface area contributed by atoms with Gasteiger partial charge in [0.2, 0.25) is 0 Å². The minimum Gasteiger partial charge on any atom is -0.355 e. The first-order valence-electron chi connectivity index (χ1n) is 7.97. The number of nitrogens with one attached hydrogen (secondary N) is 1. The van der Waals surface area contributed by atoms with Gasteiger partial charge in [0.25, 0.3) is 0 Å². The summed E-state index contributed by atoms with van der Waals surface area (Å²) in [5.41, 5.74) is 1.30. The smallest absolute Gasteiger partial charge is 0.195 e. The standard InChI is InChI=1S/C16H26N4S/c1-11(2)9-12(3)19(4)15-14(10-17-13-5-6-13)20-7-8-21-16(20)18-15/h7-8,11-13,17H,5-6,9-10H2,1-4H3. The first-order valence-corrected chi connectivity index (χ1v) is 8.85. The van der Waals surface area contributed by atoms with E-state index in [9.17, 15) is 0 Å². The maximum absolute atomic E-state index is 4.87. The fraction of sp³-hybridized carbons (Fsp3) is 0.688. The Kier molecular flexibility index (Phi) is 4.22. The summed E-state index contributed by atoms with van der Waals surface area (Å²) in [6.07, 6.45) is 5.97. The number of hydrogen-bond donors (Lipinski definition) is 1. The number of fused-ring (bicyclic) bond motifs is 1. The molecule has 3 rings (SSSR count). The third-order valence-electron chi connectivity index (χ3n) is 4.28. The Labute approximate surface area is 131 Å². The van der Waals surface area contributed by atoms with E-state index in [0.29, 0.717) is 12.0 Å². The molecule has 1 N–H and O–H groups in total. The molecule has 0 saturated heterocycles. The van der Waals surface area contributed by atoms with Crippen molar-refractivity contribution >= 4 is 22.1 Å². The Bertz CT molecular complexity index is 596. The number of anilines is 1. The van der Waals surface area contributed by atoms with Crippen molar-refractivity contribution in [1.82, 2.24) is 14.7 Å². The van der Waals surface area contributed by atoms with E-state index in [0.717, 1.165) is 23.4 Å². The average molecular weight is 306 g/mol. The van der Waals surface area contributed by atoms with Crippen LogP contribution in [0.1, 0.15) is 45.7 Å². The molecular weight excluding hydrogens is 280 g/mol. The number of nitrogens with zero attached hydrogens (tertiary/aromatic N) is 3. The molecule has 0 amide bonds. The fourth-order valence-corrected chi connectivity index (χ4v) is 3.57. The maximum atomic E-state index is 4.87. The Morgan fingerprint density at radius 1 is 1.43 bits per heavy atom. The number of rotatable bonds is 7. The van der Waals surface area contributed by atoms with Gasteiger partial charge >= 0.3 is 0 Å². The van der Waals surface area contributed by atoms with Crippen LogP contribution in [-0.2, 0) is 6.54 Å². The summed E-state index contributed by atoms with van der Waals surface area (Å²) < 4.78 is 2.24. The van der Waals surface area contributed by atoms with Crippen LogP contribution in [-0.4, -0.2) is 28.5 Å². The van der Waals surface area contributed by atoms with Gasteiger partial charge in [-0.3, -0.25) is 4.40 Å². The summed E-state index contributed by atoms with van der Waals surface area (Å²) in [4.78, 5) is 8.32. The Balaban J connectivity index is 1.84. The third-order valence-corrected chi connectivity index (χ3v) is 5.04. The normalized spacial score (nSPS) is 16.8. The highest BCUT2D eigenvalue weighted by Crippen LogP contribution is 2.28. The van der Waals surface area contributed by atoms with E-state index < -0.39 is 0 Å². The van der Waals surface area contributed by atoms with Gasteiger partial charge in [-0.05, 0) is 32.1 Å². The molecule has 5 heteroatoms. The van der Waals surface area contributed by atoms with E-state index >= 15 is 0 Å². The average Bonchev–Trinajstić information content (AvgIpc) is 3.03. The molecule has 21 heavy (non-hydrogen) atoms. The highest BCUT2D eigenvalue weighted by atomic mass is 32.1. The van der Waals surface area contributed by atoms with Crippen LogP contribution in [0.3, 0.4) is 0 Å². The first kappa shape index (κ1) is 14.9. The summed E-state index contributed by atoms with van der Waals surface area (Å²) >= 11 is 1.71. The minimum atomic E-state index is 0.509. The van der Waals surface area contributed by atoms with E-state index in [1.807, 2.05) is 0 Å². The van der Waals surface area contributed by atoms with Gasteiger partial charge in [0, 0.05) is 37.3 Å². The highest BCUT2D eigenvalue weighted by Gasteiger charge is 2.24. The zero-order valence-corrected chi connectivity index (χ0v) is 14.3. The maximum Gasteiger partial charge on any atom is 0.195 e. The SMILES string of the molecule is CC(C)CC(C)N(C)c1nc2sccn2c1CNC1CC1. The van der Waals surface area contributed by atoms with Crippen molar-refractivity contribution in [2.75, 3.05) is 11.9 Å². The van der Waals surface area contributed by atoms with Crippen molar-refractivity contribution in [3.63, 3.8) is 0 Å². The van der Waals surface area contributed by atoms with E-state index in [4.69, 9.17) is 4.98 Å².